The molecule has 0 fully saturated rings. The van der Waals surface area contributed by atoms with Crippen LogP contribution in [0.15, 0.2) is 24.3 Å². The molecule has 3 N–H and O–H groups in total. The van der Waals surface area contributed by atoms with Gasteiger partial charge in [-0.1, -0.05) is 23.7 Å². The van der Waals surface area contributed by atoms with E-state index in [1.807, 2.05) is 5.48 Å². The van der Waals surface area contributed by atoms with Crippen molar-refractivity contribution in [2.45, 2.75) is 12.5 Å². The molecule has 0 saturated carbocycles. The first-order valence-electron chi connectivity index (χ1n) is 4.00. The summed E-state index contributed by atoms with van der Waals surface area (Å²) in [4.78, 5) is 10.4. The van der Waals surface area contributed by atoms with Gasteiger partial charge in [0.05, 0.1) is 12.5 Å². The molecule has 0 saturated heterocycles. The SMILES string of the molecule is O=C(O)C[C@H](NO)c1ccc(Cl)cc1. The Balaban J connectivity index is 2.78. The van der Waals surface area contributed by atoms with Gasteiger partial charge in [0.15, 0.2) is 0 Å². The Bertz CT molecular complexity index is 312. The Hall–Kier alpha value is -1.10. The zero-order valence-corrected chi connectivity index (χ0v) is 8.03. The van der Waals surface area contributed by atoms with E-state index in [9.17, 15) is 4.79 Å². The average Bonchev–Trinajstić information content (AvgIpc) is 2.15. The van der Waals surface area contributed by atoms with Crippen LogP contribution in [0.2, 0.25) is 5.02 Å². The smallest absolute Gasteiger partial charge is 0.305 e. The van der Waals surface area contributed by atoms with E-state index < -0.39 is 12.0 Å². The molecule has 76 valence electrons. The van der Waals surface area contributed by atoms with Gasteiger partial charge in [0.25, 0.3) is 0 Å². The predicted octanol–water partition coefficient (Wildman–Crippen LogP) is 1.83. The van der Waals surface area contributed by atoms with E-state index in [-0.39, 0.29) is 6.42 Å². The van der Waals surface area contributed by atoms with Crippen LogP contribution in [0.25, 0.3) is 0 Å². The minimum Gasteiger partial charge on any atom is -0.481 e. The number of hydrogen-bond donors (Lipinski definition) is 3. The summed E-state index contributed by atoms with van der Waals surface area (Å²) in [7, 11) is 0. The van der Waals surface area contributed by atoms with E-state index in [4.69, 9.17) is 21.9 Å². The maximum atomic E-state index is 10.4. The largest absolute Gasteiger partial charge is 0.481 e. The number of carbonyl (C=O) groups is 1. The molecule has 0 aromatic heterocycles. The van der Waals surface area contributed by atoms with E-state index in [0.717, 1.165) is 0 Å². The van der Waals surface area contributed by atoms with Gasteiger partial charge in [-0.25, -0.2) is 0 Å². The molecule has 0 unspecified atom stereocenters. The topological polar surface area (TPSA) is 69.6 Å². The van der Waals surface area contributed by atoms with Crippen molar-refractivity contribution in [3.05, 3.63) is 34.9 Å². The minimum atomic E-state index is -0.980. The van der Waals surface area contributed by atoms with Gasteiger partial charge in [-0.05, 0) is 17.7 Å². The van der Waals surface area contributed by atoms with Crippen molar-refractivity contribution in [3.8, 4) is 0 Å². The highest BCUT2D eigenvalue weighted by Gasteiger charge is 2.13. The number of halogens is 1. The second-order valence-corrected chi connectivity index (χ2v) is 3.27. The summed E-state index contributed by atoms with van der Waals surface area (Å²) in [6.07, 6.45) is -0.182. The van der Waals surface area contributed by atoms with E-state index in [1.54, 1.807) is 24.3 Å². The maximum Gasteiger partial charge on any atom is 0.305 e. The first-order chi connectivity index (χ1) is 6.63. The molecule has 0 bridgehead atoms. The highest BCUT2D eigenvalue weighted by atomic mass is 35.5. The Morgan fingerprint density at radius 2 is 2.00 bits per heavy atom. The monoisotopic (exact) mass is 215 g/mol. The first kappa shape index (κ1) is 11.0. The lowest BCUT2D eigenvalue weighted by Gasteiger charge is -2.12. The maximum absolute atomic E-state index is 10.4. The molecular weight excluding hydrogens is 206 g/mol. The first-order valence-corrected chi connectivity index (χ1v) is 4.38. The van der Waals surface area contributed by atoms with Crippen LogP contribution in [0.4, 0.5) is 0 Å². The third-order valence-electron chi connectivity index (χ3n) is 1.81. The number of benzene rings is 1. The van der Waals surface area contributed by atoms with Gasteiger partial charge in [-0.2, -0.15) is 5.48 Å². The van der Waals surface area contributed by atoms with E-state index >= 15 is 0 Å². The van der Waals surface area contributed by atoms with Crippen molar-refractivity contribution in [1.29, 1.82) is 0 Å². The molecule has 0 aliphatic carbocycles. The fourth-order valence-corrected chi connectivity index (χ4v) is 1.23. The molecule has 1 atom stereocenters. The van der Waals surface area contributed by atoms with Crippen LogP contribution >= 0.6 is 11.6 Å². The normalized spacial score (nSPS) is 12.4. The molecule has 0 radical (unpaired) electrons. The lowest BCUT2D eigenvalue weighted by Crippen LogP contribution is -2.20. The molecule has 5 heteroatoms. The number of carboxylic acid groups (broad SMARTS) is 1. The van der Waals surface area contributed by atoms with Gasteiger partial charge in [-0.3, -0.25) is 4.79 Å². The van der Waals surface area contributed by atoms with Crippen molar-refractivity contribution in [2.75, 3.05) is 0 Å². The number of rotatable bonds is 4. The molecule has 4 nitrogen and oxygen atoms in total. The fourth-order valence-electron chi connectivity index (χ4n) is 1.11. The second-order valence-electron chi connectivity index (χ2n) is 2.83. The highest BCUT2D eigenvalue weighted by Crippen LogP contribution is 2.18. The molecule has 1 aromatic carbocycles. The second kappa shape index (κ2) is 4.95. The van der Waals surface area contributed by atoms with Crippen molar-refractivity contribution in [1.82, 2.24) is 5.48 Å². The fraction of sp³-hybridized carbons (Fsp3) is 0.222. The molecule has 0 spiro atoms. The summed E-state index contributed by atoms with van der Waals surface area (Å²) < 4.78 is 0. The third-order valence-corrected chi connectivity index (χ3v) is 2.06. The van der Waals surface area contributed by atoms with Crippen LogP contribution in [-0.4, -0.2) is 16.3 Å². The number of carboxylic acids is 1. The molecule has 14 heavy (non-hydrogen) atoms. The summed E-state index contributed by atoms with van der Waals surface area (Å²) in [6, 6.07) is 6.01. The van der Waals surface area contributed by atoms with Crippen LogP contribution in [0.1, 0.15) is 18.0 Å². The summed E-state index contributed by atoms with van der Waals surface area (Å²) in [5.74, 6) is -0.980. The van der Waals surface area contributed by atoms with E-state index in [1.165, 1.54) is 0 Å². The zero-order chi connectivity index (χ0) is 10.6. The zero-order valence-electron chi connectivity index (χ0n) is 7.27. The Kier molecular flexibility index (Phi) is 3.88. The summed E-state index contributed by atoms with van der Waals surface area (Å²) in [5.41, 5.74) is 2.63. The van der Waals surface area contributed by atoms with Crippen LogP contribution in [0.3, 0.4) is 0 Å². The van der Waals surface area contributed by atoms with Gasteiger partial charge in [0, 0.05) is 5.02 Å². The number of nitrogens with one attached hydrogen (secondary N) is 1. The summed E-state index contributed by atoms with van der Waals surface area (Å²) in [6.45, 7) is 0. The molecule has 0 heterocycles. The Morgan fingerprint density at radius 3 is 2.43 bits per heavy atom. The van der Waals surface area contributed by atoms with Crippen molar-refractivity contribution in [3.63, 3.8) is 0 Å². The van der Waals surface area contributed by atoms with Gasteiger partial charge in [0.2, 0.25) is 0 Å². The summed E-state index contributed by atoms with van der Waals surface area (Å²) in [5, 5.41) is 17.9. The van der Waals surface area contributed by atoms with Gasteiger partial charge < -0.3 is 10.3 Å². The van der Waals surface area contributed by atoms with Crippen molar-refractivity contribution in [2.24, 2.45) is 0 Å². The van der Waals surface area contributed by atoms with Crippen molar-refractivity contribution >= 4 is 17.6 Å². The van der Waals surface area contributed by atoms with Crippen LogP contribution < -0.4 is 5.48 Å². The third kappa shape index (κ3) is 2.99. The Labute approximate surface area is 86.1 Å². The molecule has 1 aromatic rings. The van der Waals surface area contributed by atoms with Crippen LogP contribution in [0, 0.1) is 0 Å². The van der Waals surface area contributed by atoms with Crippen molar-refractivity contribution < 1.29 is 15.1 Å². The van der Waals surface area contributed by atoms with Crippen LogP contribution in [-0.2, 0) is 4.79 Å². The minimum absolute atomic E-state index is 0.182. The van der Waals surface area contributed by atoms with Gasteiger partial charge in [0.1, 0.15) is 0 Å². The highest BCUT2D eigenvalue weighted by molar-refractivity contribution is 6.30. The standard InChI is InChI=1S/C9H10ClNO3/c10-7-3-1-6(2-4-7)8(11-14)5-9(12)13/h1-4,8,11,14H,5H2,(H,12,13)/t8-/m0/s1. The quantitative estimate of drug-likeness (QED) is 0.671. The molecule has 0 aliphatic heterocycles. The lowest BCUT2D eigenvalue weighted by molar-refractivity contribution is -0.138. The van der Waals surface area contributed by atoms with Gasteiger partial charge in [-0.15, -0.1) is 0 Å². The molecular formula is C9H10ClNO3. The molecule has 1 rings (SSSR count). The lowest BCUT2D eigenvalue weighted by atomic mass is 10.1. The van der Waals surface area contributed by atoms with E-state index in [0.29, 0.717) is 10.6 Å². The molecule has 0 amide bonds. The number of hydrogen-bond acceptors (Lipinski definition) is 3. The van der Waals surface area contributed by atoms with Gasteiger partial charge >= 0.3 is 5.97 Å². The van der Waals surface area contributed by atoms with Crippen LogP contribution in [0.5, 0.6) is 0 Å². The molecule has 0 aliphatic rings. The number of aliphatic carboxylic acids is 1. The average molecular weight is 216 g/mol. The summed E-state index contributed by atoms with van der Waals surface area (Å²) >= 11 is 5.67. The Morgan fingerprint density at radius 1 is 1.43 bits per heavy atom. The van der Waals surface area contributed by atoms with E-state index in [2.05, 4.69) is 0 Å². The number of hydroxylamine groups is 1. The predicted molar refractivity (Wildman–Crippen MR) is 51.4 cm³/mol.